The molecule has 0 spiro atoms. The maximum absolute atomic E-state index is 12.2. The molecule has 0 atom stereocenters. The number of hydrogen-bond acceptors (Lipinski definition) is 6. The van der Waals surface area contributed by atoms with Crippen molar-refractivity contribution in [3.8, 4) is 0 Å². The molecule has 0 aliphatic carbocycles. The summed E-state index contributed by atoms with van der Waals surface area (Å²) < 4.78 is 0. The van der Waals surface area contributed by atoms with E-state index in [9.17, 15) is 9.59 Å². The molecule has 0 fully saturated rings. The first-order valence-corrected chi connectivity index (χ1v) is 8.25. The fourth-order valence-corrected chi connectivity index (χ4v) is 2.29. The number of nitrogens with zero attached hydrogens (tertiary/aromatic N) is 3. The van der Waals surface area contributed by atoms with Crippen LogP contribution in [0.2, 0.25) is 0 Å². The van der Waals surface area contributed by atoms with Crippen molar-refractivity contribution in [2.24, 2.45) is 0 Å². The minimum atomic E-state index is -0.278. The number of benzene rings is 1. The van der Waals surface area contributed by atoms with E-state index >= 15 is 0 Å². The van der Waals surface area contributed by atoms with Crippen LogP contribution in [0.1, 0.15) is 23.0 Å². The number of aromatic nitrogens is 3. The molecule has 0 unspecified atom stereocenters. The molecule has 2 heterocycles. The Hall–Kier alpha value is -3.81. The SMILES string of the molecule is CC(=O)Nc1cccc(Nc2ncc(C(=O)NCc3ccccn3)cn2)c1. The zero-order valence-corrected chi connectivity index (χ0v) is 14.6. The van der Waals surface area contributed by atoms with Crippen molar-refractivity contribution in [1.82, 2.24) is 20.3 Å². The first-order valence-electron chi connectivity index (χ1n) is 8.25. The van der Waals surface area contributed by atoms with Crippen LogP contribution in [0.15, 0.2) is 61.1 Å². The van der Waals surface area contributed by atoms with Crippen LogP contribution < -0.4 is 16.0 Å². The molecular formula is C19H18N6O2. The van der Waals surface area contributed by atoms with Gasteiger partial charge in [0, 0.05) is 36.9 Å². The largest absolute Gasteiger partial charge is 0.346 e. The van der Waals surface area contributed by atoms with Gasteiger partial charge in [-0.3, -0.25) is 14.6 Å². The van der Waals surface area contributed by atoms with Gasteiger partial charge in [-0.25, -0.2) is 9.97 Å². The highest BCUT2D eigenvalue weighted by atomic mass is 16.2. The van der Waals surface area contributed by atoms with Crippen LogP contribution in [0.3, 0.4) is 0 Å². The van der Waals surface area contributed by atoms with Crippen LogP contribution in [0.25, 0.3) is 0 Å². The smallest absolute Gasteiger partial charge is 0.254 e. The molecule has 0 radical (unpaired) electrons. The third-order valence-electron chi connectivity index (χ3n) is 3.51. The van der Waals surface area contributed by atoms with Gasteiger partial charge in [-0.2, -0.15) is 0 Å². The minimum Gasteiger partial charge on any atom is -0.346 e. The molecule has 1 aromatic carbocycles. The zero-order valence-electron chi connectivity index (χ0n) is 14.6. The summed E-state index contributed by atoms with van der Waals surface area (Å²) in [6.07, 6.45) is 4.56. The van der Waals surface area contributed by atoms with E-state index in [4.69, 9.17) is 0 Å². The first-order chi connectivity index (χ1) is 13.1. The first kappa shape index (κ1) is 18.0. The second-order valence-electron chi connectivity index (χ2n) is 5.69. The van der Waals surface area contributed by atoms with E-state index in [1.807, 2.05) is 24.3 Å². The average Bonchev–Trinajstić information content (AvgIpc) is 2.67. The van der Waals surface area contributed by atoms with E-state index in [-0.39, 0.29) is 11.8 Å². The van der Waals surface area contributed by atoms with Gasteiger partial charge >= 0.3 is 0 Å². The molecule has 0 saturated carbocycles. The lowest BCUT2D eigenvalue weighted by Crippen LogP contribution is -2.23. The molecule has 0 aliphatic heterocycles. The van der Waals surface area contributed by atoms with Gasteiger partial charge in [-0.05, 0) is 30.3 Å². The molecule has 27 heavy (non-hydrogen) atoms. The Balaban J connectivity index is 1.60. The summed E-state index contributed by atoms with van der Waals surface area (Å²) in [6.45, 7) is 1.77. The number of amides is 2. The second-order valence-corrected chi connectivity index (χ2v) is 5.69. The normalized spacial score (nSPS) is 10.1. The van der Waals surface area contributed by atoms with Crippen molar-refractivity contribution < 1.29 is 9.59 Å². The summed E-state index contributed by atoms with van der Waals surface area (Å²) in [7, 11) is 0. The number of hydrogen-bond donors (Lipinski definition) is 3. The van der Waals surface area contributed by atoms with Crippen LogP contribution in [-0.4, -0.2) is 26.8 Å². The van der Waals surface area contributed by atoms with E-state index in [2.05, 4.69) is 30.9 Å². The highest BCUT2D eigenvalue weighted by Gasteiger charge is 2.08. The summed E-state index contributed by atoms with van der Waals surface area (Å²) in [5, 5.41) is 8.50. The molecule has 3 aromatic rings. The van der Waals surface area contributed by atoms with Gasteiger partial charge in [0.25, 0.3) is 5.91 Å². The lowest BCUT2D eigenvalue weighted by atomic mass is 10.2. The Morgan fingerprint density at radius 3 is 2.44 bits per heavy atom. The molecule has 2 amide bonds. The molecule has 3 N–H and O–H groups in total. The van der Waals surface area contributed by atoms with E-state index < -0.39 is 0 Å². The fraction of sp³-hybridized carbons (Fsp3) is 0.105. The summed E-state index contributed by atoms with van der Waals surface area (Å²) >= 11 is 0. The van der Waals surface area contributed by atoms with Crippen LogP contribution in [0, 0.1) is 0 Å². The van der Waals surface area contributed by atoms with E-state index in [1.54, 1.807) is 24.4 Å². The second kappa shape index (κ2) is 8.52. The molecule has 8 nitrogen and oxygen atoms in total. The molecule has 3 rings (SSSR count). The van der Waals surface area contributed by atoms with E-state index in [0.29, 0.717) is 29.4 Å². The quantitative estimate of drug-likeness (QED) is 0.622. The third-order valence-corrected chi connectivity index (χ3v) is 3.51. The average molecular weight is 362 g/mol. The molecule has 136 valence electrons. The van der Waals surface area contributed by atoms with Gasteiger partial charge in [0.2, 0.25) is 11.9 Å². The molecule has 0 aliphatic rings. The Kier molecular flexibility index (Phi) is 5.68. The number of carbonyl (C=O) groups excluding carboxylic acids is 2. The molecule has 2 aromatic heterocycles. The minimum absolute atomic E-state index is 0.149. The molecule has 8 heteroatoms. The Labute approximate surface area is 156 Å². The van der Waals surface area contributed by atoms with Gasteiger partial charge in [-0.1, -0.05) is 12.1 Å². The van der Waals surface area contributed by atoms with Crippen molar-refractivity contribution in [1.29, 1.82) is 0 Å². The highest BCUT2D eigenvalue weighted by Crippen LogP contribution is 2.18. The van der Waals surface area contributed by atoms with Crippen molar-refractivity contribution in [2.45, 2.75) is 13.5 Å². The van der Waals surface area contributed by atoms with E-state index in [1.165, 1.54) is 19.3 Å². The highest BCUT2D eigenvalue weighted by molar-refractivity contribution is 5.93. The number of rotatable bonds is 6. The third kappa shape index (κ3) is 5.33. The van der Waals surface area contributed by atoms with Crippen LogP contribution in [0.5, 0.6) is 0 Å². The topological polar surface area (TPSA) is 109 Å². The predicted octanol–water partition coefficient (Wildman–Crippen LogP) is 2.50. The van der Waals surface area contributed by atoms with Crippen molar-refractivity contribution in [3.63, 3.8) is 0 Å². The summed E-state index contributed by atoms with van der Waals surface area (Å²) in [6, 6.07) is 12.7. The number of pyridine rings is 1. The molecule has 0 saturated heterocycles. The number of anilines is 3. The van der Waals surface area contributed by atoms with Crippen LogP contribution >= 0.6 is 0 Å². The summed E-state index contributed by atoms with van der Waals surface area (Å²) in [4.78, 5) is 35.7. The van der Waals surface area contributed by atoms with Crippen molar-refractivity contribution in [3.05, 3.63) is 72.3 Å². The molecular weight excluding hydrogens is 344 g/mol. The van der Waals surface area contributed by atoms with Crippen LogP contribution in [-0.2, 0) is 11.3 Å². The Bertz CT molecular complexity index is 928. The van der Waals surface area contributed by atoms with Gasteiger partial charge < -0.3 is 16.0 Å². The number of carbonyl (C=O) groups is 2. The maximum Gasteiger partial charge on any atom is 0.254 e. The fourth-order valence-electron chi connectivity index (χ4n) is 2.29. The summed E-state index contributed by atoms with van der Waals surface area (Å²) in [5.41, 5.74) is 2.50. The molecule has 0 bridgehead atoms. The van der Waals surface area contributed by atoms with Gasteiger partial charge in [0.05, 0.1) is 17.8 Å². The summed E-state index contributed by atoms with van der Waals surface area (Å²) in [5.74, 6) is -0.0828. The number of nitrogens with one attached hydrogen (secondary N) is 3. The van der Waals surface area contributed by atoms with Gasteiger partial charge in [0.1, 0.15) is 0 Å². The standard InChI is InChI=1S/C19H18N6O2/c1-13(26)24-15-6-4-7-16(9-15)25-19-22-10-14(11-23-19)18(27)21-12-17-5-2-3-8-20-17/h2-11H,12H2,1H3,(H,21,27)(H,24,26)(H,22,23,25). The van der Waals surface area contributed by atoms with E-state index in [0.717, 1.165) is 5.69 Å². The Morgan fingerprint density at radius 1 is 0.963 bits per heavy atom. The van der Waals surface area contributed by atoms with Gasteiger partial charge in [-0.15, -0.1) is 0 Å². The van der Waals surface area contributed by atoms with Gasteiger partial charge in [0.15, 0.2) is 0 Å². The monoisotopic (exact) mass is 362 g/mol. The lowest BCUT2D eigenvalue weighted by molar-refractivity contribution is -0.114. The van der Waals surface area contributed by atoms with Crippen LogP contribution in [0.4, 0.5) is 17.3 Å². The Morgan fingerprint density at radius 2 is 1.74 bits per heavy atom. The predicted molar refractivity (Wildman–Crippen MR) is 101 cm³/mol. The van der Waals surface area contributed by atoms with Crippen molar-refractivity contribution in [2.75, 3.05) is 10.6 Å². The van der Waals surface area contributed by atoms with Crippen molar-refractivity contribution >= 4 is 29.1 Å². The lowest BCUT2D eigenvalue weighted by Gasteiger charge is -2.08. The zero-order chi connectivity index (χ0) is 19.1. The maximum atomic E-state index is 12.2.